The third-order valence-electron chi connectivity index (χ3n) is 4.84. The third-order valence-corrected chi connectivity index (χ3v) is 4.84. The van der Waals surface area contributed by atoms with E-state index >= 15 is 0 Å². The number of carbonyl (C=O) groups excluding carboxylic acids is 2. The summed E-state index contributed by atoms with van der Waals surface area (Å²) in [5, 5.41) is 2.99. The third kappa shape index (κ3) is 4.97. The van der Waals surface area contributed by atoms with Crippen molar-refractivity contribution in [3.8, 4) is 11.1 Å². The predicted octanol–water partition coefficient (Wildman–Crippen LogP) is 4.76. The van der Waals surface area contributed by atoms with Gasteiger partial charge >= 0.3 is 6.03 Å². The molecule has 2 amide bonds. The molecular weight excluding hydrogens is 336 g/mol. The number of Topliss-reactive ketones (excluding diaryl/α,β-unsaturated/α-hetero) is 1. The van der Waals surface area contributed by atoms with Crippen molar-refractivity contribution in [1.29, 1.82) is 0 Å². The Morgan fingerprint density at radius 3 is 2.22 bits per heavy atom. The molecule has 1 aliphatic heterocycles. The second-order valence-electron chi connectivity index (χ2n) is 8.27. The van der Waals surface area contributed by atoms with Gasteiger partial charge in [0, 0.05) is 30.1 Å². The van der Waals surface area contributed by atoms with E-state index in [1.165, 1.54) is 0 Å². The SMILES string of the molecule is CC(C)(C)NC(=O)N1CCC[C@H](C(=O)c2ccc(-c3ccccc3)cc2)C1. The molecule has 2 aromatic carbocycles. The molecule has 0 saturated carbocycles. The monoisotopic (exact) mass is 364 g/mol. The van der Waals surface area contributed by atoms with Gasteiger partial charge in [0.15, 0.2) is 5.78 Å². The molecule has 0 radical (unpaired) electrons. The summed E-state index contributed by atoms with van der Waals surface area (Å²) < 4.78 is 0. The fourth-order valence-electron chi connectivity index (χ4n) is 3.47. The second-order valence-corrected chi connectivity index (χ2v) is 8.27. The minimum Gasteiger partial charge on any atom is -0.333 e. The zero-order valence-corrected chi connectivity index (χ0v) is 16.4. The van der Waals surface area contributed by atoms with Crippen LogP contribution >= 0.6 is 0 Å². The number of ketones is 1. The number of benzene rings is 2. The molecule has 2 aromatic rings. The Hall–Kier alpha value is -2.62. The summed E-state index contributed by atoms with van der Waals surface area (Å²) in [6, 6.07) is 17.8. The van der Waals surface area contributed by atoms with E-state index < -0.39 is 0 Å². The van der Waals surface area contributed by atoms with Crippen LogP contribution in [0.25, 0.3) is 11.1 Å². The number of nitrogens with one attached hydrogen (secondary N) is 1. The van der Waals surface area contributed by atoms with E-state index in [2.05, 4.69) is 17.4 Å². The molecule has 0 aromatic heterocycles. The van der Waals surface area contributed by atoms with Crippen LogP contribution in [0.2, 0.25) is 0 Å². The molecule has 0 unspecified atom stereocenters. The lowest BCUT2D eigenvalue weighted by Crippen LogP contribution is -2.52. The molecule has 142 valence electrons. The molecule has 4 heteroatoms. The molecule has 27 heavy (non-hydrogen) atoms. The maximum Gasteiger partial charge on any atom is 0.317 e. The number of rotatable bonds is 3. The lowest BCUT2D eigenvalue weighted by Gasteiger charge is -2.34. The molecule has 0 spiro atoms. The number of urea groups is 1. The Bertz CT molecular complexity index is 791. The molecule has 1 saturated heterocycles. The van der Waals surface area contributed by atoms with Crippen LogP contribution in [0, 0.1) is 5.92 Å². The molecule has 1 N–H and O–H groups in total. The van der Waals surface area contributed by atoms with Crippen LogP contribution in [0.5, 0.6) is 0 Å². The Morgan fingerprint density at radius 2 is 1.59 bits per heavy atom. The normalized spacial score (nSPS) is 17.4. The van der Waals surface area contributed by atoms with Crippen molar-refractivity contribution < 1.29 is 9.59 Å². The highest BCUT2D eigenvalue weighted by atomic mass is 16.2. The van der Waals surface area contributed by atoms with Crippen LogP contribution in [0.4, 0.5) is 4.79 Å². The topological polar surface area (TPSA) is 49.4 Å². The highest BCUT2D eigenvalue weighted by Crippen LogP contribution is 2.24. The quantitative estimate of drug-likeness (QED) is 0.799. The van der Waals surface area contributed by atoms with Gasteiger partial charge in [0.25, 0.3) is 0 Å². The van der Waals surface area contributed by atoms with E-state index in [9.17, 15) is 9.59 Å². The van der Waals surface area contributed by atoms with Gasteiger partial charge in [-0.2, -0.15) is 0 Å². The average Bonchev–Trinajstić information content (AvgIpc) is 2.67. The fraction of sp³-hybridized carbons (Fsp3) is 0.391. The summed E-state index contributed by atoms with van der Waals surface area (Å²) in [5.74, 6) is -0.00471. The number of hydrogen-bond acceptors (Lipinski definition) is 2. The van der Waals surface area contributed by atoms with Crippen molar-refractivity contribution in [1.82, 2.24) is 10.2 Å². The highest BCUT2D eigenvalue weighted by Gasteiger charge is 2.30. The van der Waals surface area contributed by atoms with E-state index in [0.717, 1.165) is 29.5 Å². The van der Waals surface area contributed by atoms with Crippen LogP contribution in [0.1, 0.15) is 44.0 Å². The minimum atomic E-state index is -0.276. The summed E-state index contributed by atoms with van der Waals surface area (Å²) >= 11 is 0. The van der Waals surface area contributed by atoms with Crippen molar-refractivity contribution in [2.75, 3.05) is 13.1 Å². The lowest BCUT2D eigenvalue weighted by atomic mass is 9.89. The maximum absolute atomic E-state index is 12.9. The minimum absolute atomic E-state index is 0.0839. The number of likely N-dealkylation sites (tertiary alicyclic amines) is 1. The first-order valence-corrected chi connectivity index (χ1v) is 9.60. The molecule has 3 rings (SSSR count). The Kier molecular flexibility index (Phi) is 5.64. The predicted molar refractivity (Wildman–Crippen MR) is 109 cm³/mol. The Balaban J connectivity index is 1.67. The van der Waals surface area contributed by atoms with Crippen molar-refractivity contribution in [2.45, 2.75) is 39.2 Å². The summed E-state index contributed by atoms with van der Waals surface area (Å²) in [7, 11) is 0. The van der Waals surface area contributed by atoms with Gasteiger partial charge < -0.3 is 10.2 Å². The zero-order valence-electron chi connectivity index (χ0n) is 16.4. The average molecular weight is 364 g/mol. The smallest absolute Gasteiger partial charge is 0.317 e. The van der Waals surface area contributed by atoms with E-state index in [-0.39, 0.29) is 23.3 Å². The highest BCUT2D eigenvalue weighted by molar-refractivity contribution is 5.98. The van der Waals surface area contributed by atoms with Gasteiger partial charge in [0.05, 0.1) is 0 Å². The van der Waals surface area contributed by atoms with Crippen molar-refractivity contribution in [2.24, 2.45) is 5.92 Å². The van der Waals surface area contributed by atoms with Crippen molar-refractivity contribution in [3.05, 3.63) is 60.2 Å². The van der Waals surface area contributed by atoms with Crippen molar-refractivity contribution in [3.63, 3.8) is 0 Å². The van der Waals surface area contributed by atoms with Gasteiger partial charge in [-0.15, -0.1) is 0 Å². The van der Waals surface area contributed by atoms with Crippen LogP contribution in [0.3, 0.4) is 0 Å². The van der Waals surface area contributed by atoms with Gasteiger partial charge in [-0.1, -0.05) is 54.6 Å². The maximum atomic E-state index is 12.9. The molecule has 1 heterocycles. The van der Waals surface area contributed by atoms with Crippen LogP contribution in [-0.4, -0.2) is 35.3 Å². The van der Waals surface area contributed by atoms with Gasteiger partial charge in [-0.25, -0.2) is 4.79 Å². The van der Waals surface area contributed by atoms with Crippen LogP contribution < -0.4 is 5.32 Å². The first-order chi connectivity index (χ1) is 12.8. The van der Waals surface area contributed by atoms with Gasteiger partial charge in [0.1, 0.15) is 0 Å². The van der Waals surface area contributed by atoms with Crippen LogP contribution in [-0.2, 0) is 0 Å². The number of amides is 2. The second kappa shape index (κ2) is 7.95. The van der Waals surface area contributed by atoms with Gasteiger partial charge in [-0.3, -0.25) is 4.79 Å². The van der Waals surface area contributed by atoms with E-state index in [4.69, 9.17) is 0 Å². The van der Waals surface area contributed by atoms with E-state index in [1.54, 1.807) is 4.90 Å². The summed E-state index contributed by atoms with van der Waals surface area (Å²) in [5.41, 5.74) is 2.68. The summed E-state index contributed by atoms with van der Waals surface area (Å²) in [4.78, 5) is 27.1. The molecule has 4 nitrogen and oxygen atoms in total. The molecule has 0 bridgehead atoms. The van der Waals surface area contributed by atoms with Gasteiger partial charge in [-0.05, 0) is 44.7 Å². The van der Waals surface area contributed by atoms with E-state index in [0.29, 0.717) is 13.1 Å². The van der Waals surface area contributed by atoms with Crippen molar-refractivity contribution >= 4 is 11.8 Å². The number of hydrogen-bond donors (Lipinski definition) is 1. The first-order valence-electron chi connectivity index (χ1n) is 9.60. The summed E-state index contributed by atoms with van der Waals surface area (Å²) in [6.45, 7) is 7.09. The molecule has 1 fully saturated rings. The number of nitrogens with zero attached hydrogens (tertiary/aromatic N) is 1. The van der Waals surface area contributed by atoms with Gasteiger partial charge in [0.2, 0.25) is 0 Å². The zero-order chi connectivity index (χ0) is 19.4. The Labute approximate surface area is 161 Å². The standard InChI is InChI=1S/C23H28N2O2/c1-23(2,3)24-22(27)25-15-7-10-20(16-25)21(26)19-13-11-18(12-14-19)17-8-5-4-6-9-17/h4-6,8-9,11-14,20H,7,10,15-16H2,1-3H3,(H,24,27)/t20-/m0/s1. The Morgan fingerprint density at radius 1 is 0.963 bits per heavy atom. The largest absolute Gasteiger partial charge is 0.333 e. The number of carbonyl (C=O) groups is 2. The molecule has 1 atom stereocenters. The van der Waals surface area contributed by atoms with Crippen LogP contribution in [0.15, 0.2) is 54.6 Å². The molecule has 1 aliphatic rings. The summed E-state index contributed by atoms with van der Waals surface area (Å²) in [6.07, 6.45) is 1.69. The molecular formula is C23H28N2O2. The van der Waals surface area contributed by atoms with E-state index in [1.807, 2.05) is 63.2 Å². The lowest BCUT2D eigenvalue weighted by molar-refractivity contribution is 0.0843. The molecule has 0 aliphatic carbocycles. The number of piperidine rings is 1. The first kappa shape index (κ1) is 19.2. The fourth-order valence-corrected chi connectivity index (χ4v) is 3.47.